The highest BCUT2D eigenvalue weighted by Crippen LogP contribution is 2.34. The zero-order valence-electron chi connectivity index (χ0n) is 12.3. The lowest BCUT2D eigenvalue weighted by molar-refractivity contribution is 0.101. The predicted molar refractivity (Wildman–Crippen MR) is 87.7 cm³/mol. The van der Waals surface area contributed by atoms with E-state index in [9.17, 15) is 4.79 Å². The van der Waals surface area contributed by atoms with E-state index in [4.69, 9.17) is 4.98 Å². The third-order valence-electron chi connectivity index (χ3n) is 4.09. The molecular formula is C17H20N2OS. The van der Waals surface area contributed by atoms with Gasteiger partial charge >= 0.3 is 0 Å². The zero-order chi connectivity index (χ0) is 14.7. The molecule has 3 nitrogen and oxygen atoms in total. The van der Waals surface area contributed by atoms with Crippen molar-refractivity contribution in [3.05, 3.63) is 40.9 Å². The van der Waals surface area contributed by atoms with Crippen LogP contribution in [0.15, 0.2) is 29.6 Å². The van der Waals surface area contributed by atoms with Gasteiger partial charge in [-0.25, -0.2) is 4.98 Å². The van der Waals surface area contributed by atoms with Gasteiger partial charge in [-0.1, -0.05) is 19.3 Å². The number of hydrogen-bond donors (Lipinski definition) is 1. The van der Waals surface area contributed by atoms with Crippen molar-refractivity contribution >= 4 is 27.9 Å². The number of ketones is 1. The summed E-state index contributed by atoms with van der Waals surface area (Å²) in [4.78, 5) is 16.0. The Bertz CT molecular complexity index is 612. The van der Waals surface area contributed by atoms with E-state index in [1.165, 1.54) is 37.8 Å². The molecule has 0 saturated heterocycles. The van der Waals surface area contributed by atoms with Crippen molar-refractivity contribution in [1.82, 2.24) is 4.98 Å². The molecule has 21 heavy (non-hydrogen) atoms. The molecule has 0 spiro atoms. The number of thiazole rings is 1. The van der Waals surface area contributed by atoms with E-state index in [0.717, 1.165) is 16.4 Å². The Hall–Kier alpha value is -1.68. The maximum Gasteiger partial charge on any atom is 0.187 e. The summed E-state index contributed by atoms with van der Waals surface area (Å²) in [5.41, 5.74) is 2.95. The zero-order valence-corrected chi connectivity index (χ0v) is 13.1. The summed E-state index contributed by atoms with van der Waals surface area (Å²) in [5.74, 6) is 0.737. The molecule has 1 heterocycles. The minimum atomic E-state index is 0.0929. The predicted octanol–water partition coefficient (Wildman–Crippen LogP) is 5.14. The molecule has 2 aromatic rings. The molecule has 3 rings (SSSR count). The lowest BCUT2D eigenvalue weighted by Crippen LogP contribution is -2.04. The van der Waals surface area contributed by atoms with Crippen LogP contribution in [0.25, 0.3) is 0 Å². The molecule has 0 bridgehead atoms. The summed E-state index contributed by atoms with van der Waals surface area (Å²) in [6, 6.07) is 7.55. The summed E-state index contributed by atoms with van der Waals surface area (Å²) in [6.07, 6.45) is 6.58. The Morgan fingerprint density at radius 1 is 1.19 bits per heavy atom. The monoisotopic (exact) mass is 300 g/mol. The molecule has 0 amide bonds. The molecule has 0 atom stereocenters. The lowest BCUT2D eigenvalue weighted by Gasteiger charge is -2.19. The van der Waals surface area contributed by atoms with Gasteiger partial charge < -0.3 is 5.32 Å². The van der Waals surface area contributed by atoms with Crippen LogP contribution in [0.3, 0.4) is 0 Å². The summed E-state index contributed by atoms with van der Waals surface area (Å²) < 4.78 is 0. The molecule has 0 radical (unpaired) electrons. The first-order chi connectivity index (χ1) is 10.2. The second-order valence-corrected chi connectivity index (χ2v) is 6.53. The van der Waals surface area contributed by atoms with Crippen LogP contribution < -0.4 is 5.32 Å². The first kappa shape index (κ1) is 14.3. The summed E-state index contributed by atoms with van der Waals surface area (Å²) in [5, 5.41) is 6.44. The summed E-state index contributed by atoms with van der Waals surface area (Å²) in [7, 11) is 0. The Balaban J connectivity index is 1.67. The topological polar surface area (TPSA) is 42.0 Å². The van der Waals surface area contributed by atoms with Crippen LogP contribution in [0.2, 0.25) is 0 Å². The van der Waals surface area contributed by atoms with Crippen LogP contribution in [0.1, 0.15) is 61.0 Å². The molecule has 110 valence electrons. The van der Waals surface area contributed by atoms with Crippen LogP contribution in [0.4, 0.5) is 10.8 Å². The van der Waals surface area contributed by atoms with E-state index >= 15 is 0 Å². The van der Waals surface area contributed by atoms with Crippen LogP contribution >= 0.6 is 11.3 Å². The fourth-order valence-electron chi connectivity index (χ4n) is 2.84. The van der Waals surface area contributed by atoms with Gasteiger partial charge in [-0.05, 0) is 44.0 Å². The van der Waals surface area contributed by atoms with Crippen molar-refractivity contribution < 1.29 is 4.79 Å². The van der Waals surface area contributed by atoms with Crippen molar-refractivity contribution in [2.75, 3.05) is 5.32 Å². The number of rotatable bonds is 4. The summed E-state index contributed by atoms with van der Waals surface area (Å²) >= 11 is 1.66. The Morgan fingerprint density at radius 2 is 1.90 bits per heavy atom. The van der Waals surface area contributed by atoms with Crippen LogP contribution in [-0.4, -0.2) is 10.8 Å². The standard InChI is InChI=1S/C17H20N2OS/c1-12(20)13-7-9-15(10-8-13)18-17-19-16(11-21-17)14-5-3-2-4-6-14/h7-11,14H,2-6H2,1H3,(H,18,19). The number of carbonyl (C=O) groups excluding carboxylic acids is 1. The van der Waals surface area contributed by atoms with Crippen molar-refractivity contribution in [3.63, 3.8) is 0 Å². The molecule has 1 aliphatic rings. The van der Waals surface area contributed by atoms with Gasteiger partial charge in [0.05, 0.1) is 5.69 Å². The normalized spacial score (nSPS) is 15.9. The first-order valence-corrected chi connectivity index (χ1v) is 8.44. The molecule has 1 aromatic heterocycles. The summed E-state index contributed by atoms with van der Waals surface area (Å²) in [6.45, 7) is 1.58. The first-order valence-electron chi connectivity index (χ1n) is 7.56. The number of benzene rings is 1. The molecule has 1 N–H and O–H groups in total. The number of aromatic nitrogens is 1. The van der Waals surface area contributed by atoms with Crippen molar-refractivity contribution in [2.24, 2.45) is 0 Å². The number of Topliss-reactive ketones (excluding diaryl/α,β-unsaturated/α-hetero) is 1. The van der Waals surface area contributed by atoms with E-state index < -0.39 is 0 Å². The van der Waals surface area contributed by atoms with Gasteiger partial charge in [0, 0.05) is 22.5 Å². The van der Waals surface area contributed by atoms with Gasteiger partial charge in [0.2, 0.25) is 0 Å². The fraction of sp³-hybridized carbons (Fsp3) is 0.412. The van der Waals surface area contributed by atoms with Crippen LogP contribution in [0.5, 0.6) is 0 Å². The Labute approximate surface area is 129 Å². The number of nitrogens with one attached hydrogen (secondary N) is 1. The van der Waals surface area contributed by atoms with E-state index in [-0.39, 0.29) is 5.78 Å². The maximum atomic E-state index is 11.3. The van der Waals surface area contributed by atoms with Gasteiger partial charge in [-0.2, -0.15) is 0 Å². The third kappa shape index (κ3) is 3.50. The minimum absolute atomic E-state index is 0.0929. The lowest BCUT2D eigenvalue weighted by atomic mass is 9.87. The third-order valence-corrected chi connectivity index (χ3v) is 4.86. The Kier molecular flexibility index (Phi) is 4.34. The molecule has 0 aliphatic heterocycles. The van der Waals surface area contributed by atoms with Crippen molar-refractivity contribution in [1.29, 1.82) is 0 Å². The SMILES string of the molecule is CC(=O)c1ccc(Nc2nc(C3CCCCC3)cs2)cc1. The number of carbonyl (C=O) groups is 1. The molecule has 4 heteroatoms. The molecule has 1 fully saturated rings. The Morgan fingerprint density at radius 3 is 2.57 bits per heavy atom. The van der Waals surface area contributed by atoms with E-state index in [1.807, 2.05) is 24.3 Å². The van der Waals surface area contributed by atoms with Crippen LogP contribution in [0, 0.1) is 0 Å². The largest absolute Gasteiger partial charge is 0.332 e. The molecule has 1 aliphatic carbocycles. The molecule has 1 aromatic carbocycles. The van der Waals surface area contributed by atoms with E-state index in [0.29, 0.717) is 5.92 Å². The highest BCUT2D eigenvalue weighted by atomic mass is 32.1. The van der Waals surface area contributed by atoms with Crippen LogP contribution in [-0.2, 0) is 0 Å². The van der Waals surface area contributed by atoms with Crippen molar-refractivity contribution in [2.45, 2.75) is 44.9 Å². The smallest absolute Gasteiger partial charge is 0.187 e. The maximum absolute atomic E-state index is 11.3. The highest BCUT2D eigenvalue weighted by Gasteiger charge is 2.18. The highest BCUT2D eigenvalue weighted by molar-refractivity contribution is 7.13. The number of anilines is 2. The second-order valence-electron chi connectivity index (χ2n) is 5.67. The van der Waals surface area contributed by atoms with Gasteiger partial charge in [0.25, 0.3) is 0 Å². The molecule has 1 saturated carbocycles. The van der Waals surface area contributed by atoms with Gasteiger partial charge in [0.15, 0.2) is 10.9 Å². The van der Waals surface area contributed by atoms with Gasteiger partial charge in [-0.3, -0.25) is 4.79 Å². The number of nitrogens with zero attached hydrogens (tertiary/aromatic N) is 1. The van der Waals surface area contributed by atoms with E-state index in [2.05, 4.69) is 10.7 Å². The molecule has 0 unspecified atom stereocenters. The second kappa shape index (κ2) is 6.39. The van der Waals surface area contributed by atoms with E-state index in [1.54, 1.807) is 18.3 Å². The van der Waals surface area contributed by atoms with Gasteiger partial charge in [0.1, 0.15) is 0 Å². The minimum Gasteiger partial charge on any atom is -0.332 e. The molecular weight excluding hydrogens is 280 g/mol. The number of hydrogen-bond acceptors (Lipinski definition) is 4. The average molecular weight is 300 g/mol. The van der Waals surface area contributed by atoms with Crippen molar-refractivity contribution in [3.8, 4) is 0 Å². The quantitative estimate of drug-likeness (QED) is 0.795. The average Bonchev–Trinajstić information content (AvgIpc) is 2.97. The van der Waals surface area contributed by atoms with Gasteiger partial charge in [-0.15, -0.1) is 11.3 Å². The fourth-order valence-corrected chi connectivity index (χ4v) is 3.65.